The average Bonchev–Trinajstić information content (AvgIpc) is 2.61. The third-order valence-electron chi connectivity index (χ3n) is 3.99. The zero-order valence-electron chi connectivity index (χ0n) is 13.7. The Kier molecular flexibility index (Phi) is 4.94. The Morgan fingerprint density at radius 1 is 1.12 bits per heavy atom. The van der Waals surface area contributed by atoms with E-state index in [9.17, 15) is 4.79 Å². The largest absolute Gasteiger partial charge is 0.376 e. The van der Waals surface area contributed by atoms with Crippen molar-refractivity contribution < 1.29 is 4.79 Å². The number of carbonyl (C=O) groups is 1. The Hall–Kier alpha value is -2.22. The summed E-state index contributed by atoms with van der Waals surface area (Å²) < 4.78 is 0.808. The second-order valence-electron chi connectivity index (χ2n) is 5.84. The monoisotopic (exact) mass is 390 g/mol. The van der Waals surface area contributed by atoms with E-state index < -0.39 is 0 Å². The highest BCUT2D eigenvalue weighted by Gasteiger charge is 2.23. The first kappa shape index (κ1) is 16.6. The van der Waals surface area contributed by atoms with Crippen LogP contribution in [0.15, 0.2) is 35.2 Å². The highest BCUT2D eigenvalue weighted by molar-refractivity contribution is 9.10. The van der Waals surface area contributed by atoms with Crippen molar-refractivity contribution in [3.05, 3.63) is 40.8 Å². The zero-order chi connectivity index (χ0) is 17.1. The molecule has 7 nitrogen and oxygen atoms in total. The van der Waals surface area contributed by atoms with Gasteiger partial charge in [-0.3, -0.25) is 9.78 Å². The number of aromatic nitrogens is 3. The number of anilines is 2. The smallest absolute Gasteiger partial charge is 0.255 e. The second kappa shape index (κ2) is 7.12. The van der Waals surface area contributed by atoms with E-state index in [0.29, 0.717) is 18.7 Å². The second-order valence-corrected chi connectivity index (χ2v) is 6.75. The minimum Gasteiger partial charge on any atom is -0.376 e. The van der Waals surface area contributed by atoms with Gasteiger partial charge in [0.1, 0.15) is 0 Å². The quantitative estimate of drug-likeness (QED) is 0.793. The molecule has 0 radical (unpaired) electrons. The minimum atomic E-state index is 0.0107. The maximum Gasteiger partial charge on any atom is 0.255 e. The number of halogens is 1. The molecule has 24 heavy (non-hydrogen) atoms. The van der Waals surface area contributed by atoms with Crippen LogP contribution >= 0.6 is 15.9 Å². The van der Waals surface area contributed by atoms with E-state index in [1.165, 1.54) is 0 Å². The van der Waals surface area contributed by atoms with Gasteiger partial charge in [-0.1, -0.05) is 0 Å². The predicted molar refractivity (Wildman–Crippen MR) is 96.4 cm³/mol. The van der Waals surface area contributed by atoms with Crippen LogP contribution in [0.5, 0.6) is 0 Å². The van der Waals surface area contributed by atoms with Crippen LogP contribution < -0.4 is 9.80 Å². The van der Waals surface area contributed by atoms with Crippen molar-refractivity contribution >= 4 is 33.3 Å². The molecule has 3 rings (SSSR count). The molecule has 0 bridgehead atoms. The van der Waals surface area contributed by atoms with Crippen molar-refractivity contribution in [3.8, 4) is 0 Å². The Bertz CT molecular complexity index is 730. The lowest BCUT2D eigenvalue weighted by molar-refractivity contribution is 0.0746. The van der Waals surface area contributed by atoms with Crippen LogP contribution in [-0.2, 0) is 0 Å². The number of amides is 1. The fourth-order valence-corrected chi connectivity index (χ4v) is 2.96. The van der Waals surface area contributed by atoms with E-state index in [2.05, 4.69) is 36.0 Å². The van der Waals surface area contributed by atoms with Crippen molar-refractivity contribution in [1.82, 2.24) is 20.1 Å². The van der Waals surface area contributed by atoms with Gasteiger partial charge in [-0.2, -0.15) is 5.10 Å². The molecule has 1 saturated heterocycles. The van der Waals surface area contributed by atoms with Gasteiger partial charge < -0.3 is 14.7 Å². The molecule has 0 spiro atoms. The van der Waals surface area contributed by atoms with Crippen LogP contribution in [-0.4, -0.2) is 66.3 Å². The van der Waals surface area contributed by atoms with E-state index in [0.717, 1.165) is 29.1 Å². The van der Waals surface area contributed by atoms with Crippen LogP contribution in [0.1, 0.15) is 10.4 Å². The predicted octanol–water partition coefficient (Wildman–Crippen LogP) is 1.66. The maximum atomic E-state index is 12.6. The van der Waals surface area contributed by atoms with Gasteiger partial charge in [0.15, 0.2) is 5.82 Å². The summed E-state index contributed by atoms with van der Waals surface area (Å²) in [4.78, 5) is 22.6. The minimum absolute atomic E-state index is 0.0107. The van der Waals surface area contributed by atoms with E-state index in [1.54, 1.807) is 24.7 Å². The molecule has 8 heteroatoms. The van der Waals surface area contributed by atoms with Gasteiger partial charge in [0, 0.05) is 63.2 Å². The van der Waals surface area contributed by atoms with Gasteiger partial charge in [0.2, 0.25) is 0 Å². The summed E-state index contributed by atoms with van der Waals surface area (Å²) in [7, 11) is 3.95. The maximum absolute atomic E-state index is 12.6. The molecule has 1 aliphatic heterocycles. The Labute approximate surface area is 149 Å². The van der Waals surface area contributed by atoms with Crippen molar-refractivity contribution in [1.29, 1.82) is 0 Å². The molecule has 3 heterocycles. The molecule has 0 aromatic carbocycles. The number of pyridine rings is 1. The van der Waals surface area contributed by atoms with Crippen molar-refractivity contribution in [2.24, 2.45) is 0 Å². The molecule has 0 unspecified atom stereocenters. The lowest BCUT2D eigenvalue weighted by atomic mass is 10.2. The zero-order valence-corrected chi connectivity index (χ0v) is 15.3. The first-order valence-electron chi connectivity index (χ1n) is 7.69. The van der Waals surface area contributed by atoms with Crippen LogP contribution in [0.3, 0.4) is 0 Å². The normalized spacial score (nSPS) is 14.6. The summed E-state index contributed by atoms with van der Waals surface area (Å²) in [5, 5.41) is 8.28. The molecule has 0 aliphatic carbocycles. The molecule has 0 atom stereocenters. The van der Waals surface area contributed by atoms with Crippen LogP contribution in [0.2, 0.25) is 0 Å². The van der Waals surface area contributed by atoms with Crippen LogP contribution in [0.4, 0.5) is 11.5 Å². The lowest BCUT2D eigenvalue weighted by Gasteiger charge is -2.35. The average molecular weight is 391 g/mol. The van der Waals surface area contributed by atoms with E-state index >= 15 is 0 Å². The highest BCUT2D eigenvalue weighted by Crippen LogP contribution is 2.19. The topological polar surface area (TPSA) is 65.5 Å². The van der Waals surface area contributed by atoms with Crippen molar-refractivity contribution in [3.63, 3.8) is 0 Å². The SMILES string of the molecule is CN(C)c1cnnc(N2CCN(C(=O)c3cncc(Br)c3)CC2)c1. The van der Waals surface area contributed by atoms with Gasteiger partial charge in [0.05, 0.1) is 17.4 Å². The fourth-order valence-electron chi connectivity index (χ4n) is 2.59. The summed E-state index contributed by atoms with van der Waals surface area (Å²) in [5.41, 5.74) is 1.62. The van der Waals surface area contributed by atoms with Gasteiger partial charge in [-0.05, 0) is 22.0 Å². The van der Waals surface area contributed by atoms with Crippen LogP contribution in [0, 0.1) is 0 Å². The highest BCUT2D eigenvalue weighted by atomic mass is 79.9. The van der Waals surface area contributed by atoms with Gasteiger partial charge in [-0.25, -0.2) is 0 Å². The summed E-state index contributed by atoms with van der Waals surface area (Å²) in [5.74, 6) is 0.856. The molecular weight excluding hydrogens is 372 g/mol. The first-order chi connectivity index (χ1) is 11.5. The van der Waals surface area contributed by atoms with Gasteiger partial charge in [-0.15, -0.1) is 5.10 Å². The third kappa shape index (κ3) is 3.64. The summed E-state index contributed by atoms with van der Waals surface area (Å²) in [6.45, 7) is 2.77. The summed E-state index contributed by atoms with van der Waals surface area (Å²) >= 11 is 3.35. The molecule has 0 saturated carbocycles. The Morgan fingerprint density at radius 2 is 1.88 bits per heavy atom. The standard InChI is InChI=1S/C16H19BrN6O/c1-21(2)14-8-15(20-19-11-14)22-3-5-23(6-4-22)16(24)12-7-13(17)10-18-9-12/h7-11H,3-6H2,1-2H3. The lowest BCUT2D eigenvalue weighted by Crippen LogP contribution is -2.49. The molecule has 126 valence electrons. The molecule has 2 aromatic rings. The van der Waals surface area contributed by atoms with E-state index in [-0.39, 0.29) is 5.91 Å². The molecule has 1 aliphatic rings. The number of carbonyl (C=O) groups excluding carboxylic acids is 1. The van der Waals surface area contributed by atoms with Crippen molar-refractivity contribution in [2.45, 2.75) is 0 Å². The van der Waals surface area contributed by atoms with Gasteiger partial charge >= 0.3 is 0 Å². The van der Waals surface area contributed by atoms with Gasteiger partial charge in [0.25, 0.3) is 5.91 Å². The number of hydrogen-bond donors (Lipinski definition) is 0. The molecule has 1 amide bonds. The first-order valence-corrected chi connectivity index (χ1v) is 8.49. The molecule has 2 aromatic heterocycles. The fraction of sp³-hybridized carbons (Fsp3) is 0.375. The van der Waals surface area contributed by atoms with Crippen molar-refractivity contribution in [2.75, 3.05) is 50.1 Å². The molecule has 0 N–H and O–H groups in total. The number of rotatable bonds is 3. The molecular formula is C16H19BrN6O. The van der Waals surface area contributed by atoms with E-state index in [1.807, 2.05) is 30.0 Å². The number of nitrogens with zero attached hydrogens (tertiary/aromatic N) is 6. The Balaban J connectivity index is 1.65. The van der Waals surface area contributed by atoms with Crippen LogP contribution in [0.25, 0.3) is 0 Å². The number of piperazine rings is 1. The van der Waals surface area contributed by atoms with E-state index in [4.69, 9.17) is 0 Å². The Morgan fingerprint density at radius 3 is 2.54 bits per heavy atom. The molecule has 1 fully saturated rings. The summed E-state index contributed by atoms with van der Waals surface area (Å²) in [6, 6.07) is 3.82. The number of hydrogen-bond acceptors (Lipinski definition) is 6. The third-order valence-corrected chi connectivity index (χ3v) is 4.42. The summed E-state index contributed by atoms with van der Waals surface area (Å²) in [6.07, 6.45) is 5.01.